The maximum atomic E-state index is 12.0. The lowest BCUT2D eigenvalue weighted by Crippen LogP contribution is -2.31. The monoisotopic (exact) mass is 247 g/mol. The van der Waals surface area contributed by atoms with Gasteiger partial charge in [-0.2, -0.15) is 5.10 Å². The molecular weight excluding hydrogens is 230 g/mol. The van der Waals surface area contributed by atoms with Gasteiger partial charge in [-0.1, -0.05) is 19.4 Å². The third-order valence-corrected chi connectivity index (χ3v) is 2.79. The third-order valence-electron chi connectivity index (χ3n) is 2.79. The van der Waals surface area contributed by atoms with Crippen molar-refractivity contribution in [2.45, 2.75) is 25.9 Å². The van der Waals surface area contributed by atoms with Crippen LogP contribution < -0.4 is 5.32 Å². The summed E-state index contributed by atoms with van der Waals surface area (Å²) in [4.78, 5) is 12.0. The molecule has 0 aliphatic heterocycles. The number of aliphatic hydroxyl groups is 1. The van der Waals surface area contributed by atoms with Crippen molar-refractivity contribution in [2.24, 2.45) is 0 Å². The molecular formula is C13H17N3O2. The molecule has 0 fully saturated rings. The van der Waals surface area contributed by atoms with Crippen LogP contribution in [0.2, 0.25) is 0 Å². The fourth-order valence-corrected chi connectivity index (χ4v) is 1.85. The number of nitrogens with zero attached hydrogens (tertiary/aromatic N) is 2. The van der Waals surface area contributed by atoms with Crippen molar-refractivity contribution in [2.75, 3.05) is 6.54 Å². The largest absolute Gasteiger partial charge is 0.391 e. The lowest BCUT2D eigenvalue weighted by atomic mass is 10.2. The van der Waals surface area contributed by atoms with Crippen molar-refractivity contribution in [1.29, 1.82) is 0 Å². The van der Waals surface area contributed by atoms with Crippen LogP contribution in [0.25, 0.3) is 5.52 Å². The highest BCUT2D eigenvalue weighted by atomic mass is 16.3. The molecule has 2 rings (SSSR count). The van der Waals surface area contributed by atoms with E-state index >= 15 is 0 Å². The molecule has 5 nitrogen and oxygen atoms in total. The van der Waals surface area contributed by atoms with Crippen LogP contribution in [0.15, 0.2) is 30.6 Å². The molecule has 1 amide bonds. The van der Waals surface area contributed by atoms with Gasteiger partial charge in [-0.15, -0.1) is 0 Å². The molecule has 5 heteroatoms. The quantitative estimate of drug-likeness (QED) is 0.835. The first-order valence-electron chi connectivity index (χ1n) is 6.11. The summed E-state index contributed by atoms with van der Waals surface area (Å²) >= 11 is 0. The topological polar surface area (TPSA) is 66.6 Å². The minimum atomic E-state index is -0.485. The summed E-state index contributed by atoms with van der Waals surface area (Å²) in [5.41, 5.74) is 1.29. The van der Waals surface area contributed by atoms with Gasteiger partial charge in [0.25, 0.3) is 5.91 Å². The Bertz CT molecular complexity index is 536. The zero-order chi connectivity index (χ0) is 13.0. The van der Waals surface area contributed by atoms with Gasteiger partial charge in [0.2, 0.25) is 0 Å². The number of hydrogen-bond acceptors (Lipinski definition) is 3. The molecule has 0 aromatic carbocycles. The van der Waals surface area contributed by atoms with Gasteiger partial charge in [0.15, 0.2) is 0 Å². The summed E-state index contributed by atoms with van der Waals surface area (Å²) < 4.78 is 1.65. The van der Waals surface area contributed by atoms with Gasteiger partial charge >= 0.3 is 0 Å². The molecule has 0 saturated carbocycles. The van der Waals surface area contributed by atoms with Crippen LogP contribution in [0.4, 0.5) is 0 Å². The van der Waals surface area contributed by atoms with E-state index in [1.165, 1.54) is 6.20 Å². The van der Waals surface area contributed by atoms with Crippen LogP contribution in [-0.4, -0.2) is 33.3 Å². The Hall–Kier alpha value is -1.88. The van der Waals surface area contributed by atoms with Crippen LogP contribution in [0, 0.1) is 0 Å². The SMILES string of the molecule is CCCC(O)CNC(=O)c1cnn2ccccc12. The minimum absolute atomic E-state index is 0.202. The molecule has 1 unspecified atom stereocenters. The molecule has 96 valence electrons. The van der Waals surface area contributed by atoms with E-state index in [1.807, 2.05) is 25.1 Å². The van der Waals surface area contributed by atoms with Gasteiger partial charge in [0, 0.05) is 12.7 Å². The Balaban J connectivity index is 2.05. The molecule has 0 saturated heterocycles. The Labute approximate surface area is 105 Å². The summed E-state index contributed by atoms with van der Waals surface area (Å²) in [7, 11) is 0. The average Bonchev–Trinajstić information content (AvgIpc) is 2.80. The molecule has 2 N–H and O–H groups in total. The molecule has 2 aromatic rings. The first-order valence-corrected chi connectivity index (χ1v) is 6.11. The standard InChI is InChI=1S/C13H17N3O2/c1-2-5-10(17)8-14-13(18)11-9-15-16-7-4-3-6-12(11)16/h3-4,6-7,9-10,17H,2,5,8H2,1H3,(H,14,18). The van der Waals surface area contributed by atoms with E-state index in [0.717, 1.165) is 11.9 Å². The highest BCUT2D eigenvalue weighted by Crippen LogP contribution is 2.09. The molecule has 0 spiro atoms. The van der Waals surface area contributed by atoms with E-state index in [-0.39, 0.29) is 12.5 Å². The van der Waals surface area contributed by atoms with Gasteiger partial charge in [-0.05, 0) is 18.6 Å². The van der Waals surface area contributed by atoms with E-state index in [1.54, 1.807) is 10.7 Å². The number of aromatic nitrogens is 2. The van der Waals surface area contributed by atoms with Gasteiger partial charge in [-0.3, -0.25) is 4.79 Å². The Morgan fingerprint density at radius 2 is 2.39 bits per heavy atom. The van der Waals surface area contributed by atoms with Crippen molar-refractivity contribution >= 4 is 11.4 Å². The van der Waals surface area contributed by atoms with Crippen molar-refractivity contribution in [1.82, 2.24) is 14.9 Å². The lowest BCUT2D eigenvalue weighted by molar-refractivity contribution is 0.0911. The molecule has 0 aliphatic rings. The number of amides is 1. The highest BCUT2D eigenvalue weighted by molar-refractivity contribution is 6.00. The Morgan fingerprint density at radius 1 is 1.56 bits per heavy atom. The van der Waals surface area contributed by atoms with Crippen LogP contribution in [-0.2, 0) is 0 Å². The average molecular weight is 247 g/mol. The van der Waals surface area contributed by atoms with Crippen molar-refractivity contribution in [3.05, 3.63) is 36.2 Å². The van der Waals surface area contributed by atoms with Gasteiger partial charge < -0.3 is 10.4 Å². The van der Waals surface area contributed by atoms with Gasteiger partial charge in [-0.25, -0.2) is 4.52 Å². The lowest BCUT2D eigenvalue weighted by Gasteiger charge is -2.09. The van der Waals surface area contributed by atoms with Gasteiger partial charge in [0.1, 0.15) is 0 Å². The molecule has 0 bridgehead atoms. The normalized spacial score (nSPS) is 12.6. The summed E-state index contributed by atoms with van der Waals surface area (Å²) in [5, 5.41) is 16.4. The van der Waals surface area contributed by atoms with Crippen LogP contribution >= 0.6 is 0 Å². The second kappa shape index (κ2) is 5.64. The van der Waals surface area contributed by atoms with Crippen molar-refractivity contribution in [3.63, 3.8) is 0 Å². The summed E-state index contributed by atoms with van der Waals surface area (Å²) in [6, 6.07) is 5.55. The zero-order valence-corrected chi connectivity index (χ0v) is 10.3. The molecule has 2 aromatic heterocycles. The highest BCUT2D eigenvalue weighted by Gasteiger charge is 2.13. The number of carbonyl (C=O) groups is 1. The van der Waals surface area contributed by atoms with E-state index in [9.17, 15) is 9.90 Å². The van der Waals surface area contributed by atoms with Crippen LogP contribution in [0.3, 0.4) is 0 Å². The smallest absolute Gasteiger partial charge is 0.255 e. The number of fused-ring (bicyclic) bond motifs is 1. The molecule has 1 atom stereocenters. The number of carbonyl (C=O) groups excluding carboxylic acids is 1. The van der Waals surface area contributed by atoms with Gasteiger partial charge in [0.05, 0.1) is 23.4 Å². The summed E-state index contributed by atoms with van der Waals surface area (Å²) in [6.07, 6.45) is 4.43. The second-order valence-electron chi connectivity index (χ2n) is 4.24. The summed E-state index contributed by atoms with van der Waals surface area (Å²) in [6.45, 7) is 2.27. The molecule has 2 heterocycles. The third kappa shape index (κ3) is 2.68. The zero-order valence-electron chi connectivity index (χ0n) is 10.3. The molecule has 0 radical (unpaired) electrons. The van der Waals surface area contributed by atoms with Crippen LogP contribution in [0.5, 0.6) is 0 Å². The van der Waals surface area contributed by atoms with Crippen LogP contribution in [0.1, 0.15) is 30.1 Å². The number of pyridine rings is 1. The van der Waals surface area contributed by atoms with E-state index in [4.69, 9.17) is 0 Å². The van der Waals surface area contributed by atoms with E-state index in [0.29, 0.717) is 12.0 Å². The second-order valence-corrected chi connectivity index (χ2v) is 4.24. The van der Waals surface area contributed by atoms with Crippen molar-refractivity contribution in [3.8, 4) is 0 Å². The first-order chi connectivity index (χ1) is 8.72. The predicted octanol–water partition coefficient (Wildman–Crippen LogP) is 1.23. The fraction of sp³-hybridized carbons (Fsp3) is 0.385. The summed E-state index contributed by atoms with van der Waals surface area (Å²) in [5.74, 6) is -0.202. The first kappa shape index (κ1) is 12.6. The number of rotatable bonds is 5. The Kier molecular flexibility index (Phi) is 3.94. The van der Waals surface area contributed by atoms with E-state index < -0.39 is 6.10 Å². The Morgan fingerprint density at radius 3 is 3.17 bits per heavy atom. The molecule has 0 aliphatic carbocycles. The predicted molar refractivity (Wildman–Crippen MR) is 68.4 cm³/mol. The van der Waals surface area contributed by atoms with Crippen molar-refractivity contribution < 1.29 is 9.90 Å². The number of hydrogen-bond donors (Lipinski definition) is 2. The minimum Gasteiger partial charge on any atom is -0.391 e. The maximum absolute atomic E-state index is 12.0. The molecule has 18 heavy (non-hydrogen) atoms. The number of nitrogens with one attached hydrogen (secondary N) is 1. The maximum Gasteiger partial charge on any atom is 0.255 e. The number of aliphatic hydroxyl groups excluding tert-OH is 1. The van der Waals surface area contributed by atoms with E-state index in [2.05, 4.69) is 10.4 Å². The fourth-order valence-electron chi connectivity index (χ4n) is 1.85.